The Kier molecular flexibility index (Phi) is 4.16. The van der Waals surface area contributed by atoms with Crippen molar-refractivity contribution in [2.75, 3.05) is 13.2 Å². The van der Waals surface area contributed by atoms with Crippen LogP contribution in [0.3, 0.4) is 0 Å². The topological polar surface area (TPSA) is 36.4 Å². The standard InChI is InChI=1S/C12H17ClN2O/c13-12-5-4-10(7-14-12)8-15-6-2-1-3-11(15)9-16/h4-5,7,11,16H,1-3,6,8-9H2/t11-/m0/s1. The Morgan fingerprint density at radius 3 is 3.00 bits per heavy atom. The predicted molar refractivity (Wildman–Crippen MR) is 64.4 cm³/mol. The molecule has 1 aliphatic rings. The summed E-state index contributed by atoms with van der Waals surface area (Å²) in [4.78, 5) is 6.40. The lowest BCUT2D eigenvalue weighted by molar-refractivity contribution is 0.0840. The summed E-state index contributed by atoms with van der Waals surface area (Å²) in [5, 5.41) is 9.83. The number of hydrogen-bond acceptors (Lipinski definition) is 3. The largest absolute Gasteiger partial charge is 0.395 e. The average Bonchev–Trinajstić information content (AvgIpc) is 2.33. The molecule has 1 aromatic heterocycles. The summed E-state index contributed by atoms with van der Waals surface area (Å²) in [5.41, 5.74) is 1.16. The fourth-order valence-corrected chi connectivity index (χ4v) is 2.32. The molecule has 1 N–H and O–H groups in total. The van der Waals surface area contributed by atoms with Crippen molar-refractivity contribution in [2.45, 2.75) is 31.8 Å². The quantitative estimate of drug-likeness (QED) is 0.822. The first-order valence-electron chi connectivity index (χ1n) is 5.75. The van der Waals surface area contributed by atoms with E-state index in [1.54, 1.807) is 0 Å². The minimum atomic E-state index is 0.251. The molecule has 0 amide bonds. The van der Waals surface area contributed by atoms with E-state index in [0.29, 0.717) is 11.2 Å². The highest BCUT2D eigenvalue weighted by molar-refractivity contribution is 6.29. The summed E-state index contributed by atoms with van der Waals surface area (Å²) >= 11 is 5.75. The molecule has 16 heavy (non-hydrogen) atoms. The number of hydrogen-bond donors (Lipinski definition) is 1. The molecule has 1 aliphatic heterocycles. The van der Waals surface area contributed by atoms with Crippen LogP contribution in [0.4, 0.5) is 0 Å². The molecule has 1 saturated heterocycles. The van der Waals surface area contributed by atoms with Gasteiger partial charge < -0.3 is 5.11 Å². The SMILES string of the molecule is OC[C@@H]1CCCCN1Cc1ccc(Cl)nc1. The van der Waals surface area contributed by atoms with Gasteiger partial charge in [-0.05, 0) is 31.0 Å². The summed E-state index contributed by atoms with van der Waals surface area (Å²) in [6.45, 7) is 2.17. The number of rotatable bonds is 3. The van der Waals surface area contributed by atoms with Crippen molar-refractivity contribution in [3.8, 4) is 0 Å². The van der Waals surface area contributed by atoms with E-state index >= 15 is 0 Å². The lowest BCUT2D eigenvalue weighted by Crippen LogP contribution is -2.41. The van der Waals surface area contributed by atoms with Gasteiger partial charge in [-0.1, -0.05) is 24.1 Å². The van der Waals surface area contributed by atoms with Crippen LogP contribution in [0.15, 0.2) is 18.3 Å². The van der Waals surface area contributed by atoms with Crippen LogP contribution in [0.1, 0.15) is 24.8 Å². The Hall–Kier alpha value is -0.640. The molecule has 0 bridgehead atoms. The van der Waals surface area contributed by atoms with E-state index in [1.165, 1.54) is 12.8 Å². The summed E-state index contributed by atoms with van der Waals surface area (Å²) in [6.07, 6.45) is 5.35. The van der Waals surface area contributed by atoms with E-state index in [1.807, 2.05) is 18.3 Å². The van der Waals surface area contributed by atoms with E-state index in [-0.39, 0.29) is 6.61 Å². The second-order valence-corrected chi connectivity index (χ2v) is 4.68. The first-order valence-corrected chi connectivity index (χ1v) is 6.13. The molecule has 1 atom stereocenters. The van der Waals surface area contributed by atoms with Crippen LogP contribution >= 0.6 is 11.6 Å². The maximum atomic E-state index is 9.31. The van der Waals surface area contributed by atoms with Crippen molar-refractivity contribution in [3.63, 3.8) is 0 Å². The molecular formula is C12H17ClN2O. The molecule has 0 saturated carbocycles. The highest BCUT2D eigenvalue weighted by Crippen LogP contribution is 2.19. The molecule has 2 rings (SSSR count). The maximum absolute atomic E-state index is 9.31. The van der Waals surface area contributed by atoms with Crippen molar-refractivity contribution in [3.05, 3.63) is 29.0 Å². The van der Waals surface area contributed by atoms with Gasteiger partial charge in [0.25, 0.3) is 0 Å². The third-order valence-electron chi connectivity index (χ3n) is 3.13. The normalized spacial score (nSPS) is 22.2. The van der Waals surface area contributed by atoms with Crippen molar-refractivity contribution in [1.82, 2.24) is 9.88 Å². The minimum Gasteiger partial charge on any atom is -0.395 e. The molecule has 0 aromatic carbocycles. The molecule has 0 aliphatic carbocycles. The van der Waals surface area contributed by atoms with Gasteiger partial charge in [0, 0.05) is 18.8 Å². The molecule has 88 valence electrons. The third kappa shape index (κ3) is 2.94. The molecule has 1 aromatic rings. The second-order valence-electron chi connectivity index (χ2n) is 4.29. The smallest absolute Gasteiger partial charge is 0.129 e. The predicted octanol–water partition coefficient (Wildman–Crippen LogP) is 2.08. The summed E-state index contributed by atoms with van der Waals surface area (Å²) in [6, 6.07) is 4.12. The van der Waals surface area contributed by atoms with Gasteiger partial charge in [-0.3, -0.25) is 4.90 Å². The molecule has 0 unspecified atom stereocenters. The zero-order chi connectivity index (χ0) is 11.4. The van der Waals surface area contributed by atoms with Crippen molar-refractivity contribution >= 4 is 11.6 Å². The number of halogens is 1. The Balaban J connectivity index is 1.99. The number of pyridine rings is 1. The van der Waals surface area contributed by atoms with Crippen LogP contribution in [-0.2, 0) is 6.54 Å². The van der Waals surface area contributed by atoms with Gasteiger partial charge in [-0.15, -0.1) is 0 Å². The lowest BCUT2D eigenvalue weighted by atomic mass is 10.0. The van der Waals surface area contributed by atoms with Gasteiger partial charge in [-0.25, -0.2) is 4.98 Å². The first-order chi connectivity index (χ1) is 7.79. The van der Waals surface area contributed by atoms with Crippen LogP contribution in [0.2, 0.25) is 5.15 Å². The van der Waals surface area contributed by atoms with Crippen molar-refractivity contribution in [1.29, 1.82) is 0 Å². The maximum Gasteiger partial charge on any atom is 0.129 e. The Bertz CT molecular complexity index is 328. The van der Waals surface area contributed by atoms with E-state index in [2.05, 4.69) is 9.88 Å². The molecule has 4 heteroatoms. The minimum absolute atomic E-state index is 0.251. The molecule has 2 heterocycles. The van der Waals surface area contributed by atoms with Gasteiger partial charge in [0.1, 0.15) is 5.15 Å². The fourth-order valence-electron chi connectivity index (χ4n) is 2.21. The second kappa shape index (κ2) is 5.62. The zero-order valence-corrected chi connectivity index (χ0v) is 10.0. The number of nitrogens with zero attached hydrogens (tertiary/aromatic N) is 2. The van der Waals surface area contributed by atoms with Crippen LogP contribution in [0.25, 0.3) is 0 Å². The number of aliphatic hydroxyl groups excluding tert-OH is 1. The van der Waals surface area contributed by atoms with Crippen LogP contribution in [0, 0.1) is 0 Å². The third-order valence-corrected chi connectivity index (χ3v) is 3.36. The number of aromatic nitrogens is 1. The van der Waals surface area contributed by atoms with E-state index in [9.17, 15) is 5.11 Å². The molecule has 3 nitrogen and oxygen atoms in total. The molecule has 1 fully saturated rings. The lowest BCUT2D eigenvalue weighted by Gasteiger charge is -2.34. The Morgan fingerprint density at radius 1 is 1.44 bits per heavy atom. The number of aliphatic hydroxyl groups is 1. The van der Waals surface area contributed by atoms with Gasteiger partial charge >= 0.3 is 0 Å². The van der Waals surface area contributed by atoms with Gasteiger partial charge in [0.15, 0.2) is 0 Å². The summed E-state index contributed by atoms with van der Waals surface area (Å²) < 4.78 is 0. The van der Waals surface area contributed by atoms with Crippen LogP contribution in [0.5, 0.6) is 0 Å². The molecule has 0 spiro atoms. The van der Waals surface area contributed by atoms with Crippen LogP contribution in [-0.4, -0.2) is 34.2 Å². The Labute approximate surface area is 101 Å². The van der Waals surface area contributed by atoms with E-state index < -0.39 is 0 Å². The first kappa shape index (κ1) is 11.8. The average molecular weight is 241 g/mol. The van der Waals surface area contributed by atoms with Crippen molar-refractivity contribution < 1.29 is 5.11 Å². The van der Waals surface area contributed by atoms with Gasteiger partial charge in [-0.2, -0.15) is 0 Å². The van der Waals surface area contributed by atoms with E-state index in [4.69, 9.17) is 11.6 Å². The highest BCUT2D eigenvalue weighted by atomic mass is 35.5. The van der Waals surface area contributed by atoms with Gasteiger partial charge in [0.2, 0.25) is 0 Å². The van der Waals surface area contributed by atoms with E-state index in [0.717, 1.165) is 25.1 Å². The monoisotopic (exact) mass is 240 g/mol. The Morgan fingerprint density at radius 2 is 2.31 bits per heavy atom. The zero-order valence-electron chi connectivity index (χ0n) is 9.27. The highest BCUT2D eigenvalue weighted by Gasteiger charge is 2.21. The number of likely N-dealkylation sites (tertiary alicyclic amines) is 1. The fraction of sp³-hybridized carbons (Fsp3) is 0.583. The molecular weight excluding hydrogens is 224 g/mol. The summed E-state index contributed by atoms with van der Waals surface area (Å²) in [7, 11) is 0. The number of piperidine rings is 1. The van der Waals surface area contributed by atoms with Gasteiger partial charge in [0.05, 0.1) is 6.61 Å². The summed E-state index contributed by atoms with van der Waals surface area (Å²) in [5.74, 6) is 0. The van der Waals surface area contributed by atoms with Crippen molar-refractivity contribution in [2.24, 2.45) is 0 Å². The molecule has 0 radical (unpaired) electrons. The van der Waals surface area contributed by atoms with Crippen LogP contribution < -0.4 is 0 Å².